The van der Waals surface area contributed by atoms with Gasteiger partial charge in [-0.2, -0.15) is 9.97 Å². The number of aromatic nitrogens is 4. The van der Waals surface area contributed by atoms with Gasteiger partial charge in [-0.05, 0) is 18.8 Å². The molecule has 0 spiro atoms. The van der Waals surface area contributed by atoms with E-state index in [4.69, 9.17) is 17.3 Å². The molecule has 3 rings (SSSR count). The molecule has 1 aliphatic rings. The Hall–Kier alpha value is -1.66. The van der Waals surface area contributed by atoms with Crippen molar-refractivity contribution in [3.8, 4) is 0 Å². The van der Waals surface area contributed by atoms with Gasteiger partial charge in [0.05, 0.1) is 12.4 Å². The van der Waals surface area contributed by atoms with Crippen LogP contribution in [0, 0.1) is 5.92 Å². The Morgan fingerprint density at radius 1 is 1.47 bits per heavy atom. The Morgan fingerprint density at radius 3 is 3.11 bits per heavy atom. The van der Waals surface area contributed by atoms with E-state index in [1.165, 1.54) is 0 Å². The van der Waals surface area contributed by atoms with Crippen LogP contribution in [0.3, 0.4) is 0 Å². The highest BCUT2D eigenvalue weighted by molar-refractivity contribution is 6.33. The summed E-state index contributed by atoms with van der Waals surface area (Å²) in [7, 11) is 0. The fourth-order valence-electron chi connectivity index (χ4n) is 2.44. The number of halogens is 1. The highest BCUT2D eigenvalue weighted by atomic mass is 35.5. The molecule has 0 saturated carbocycles. The van der Waals surface area contributed by atoms with E-state index in [1.807, 2.05) is 4.57 Å². The van der Waals surface area contributed by atoms with E-state index in [1.54, 1.807) is 6.33 Å². The van der Waals surface area contributed by atoms with E-state index >= 15 is 0 Å². The number of fused-ring (bicyclic) bond motifs is 1. The second-order valence-electron chi connectivity index (χ2n) is 4.71. The molecule has 0 aromatic carbocycles. The van der Waals surface area contributed by atoms with Crippen molar-refractivity contribution < 1.29 is 5.11 Å². The number of nitrogens with zero attached hydrogens (tertiary/aromatic N) is 4. The summed E-state index contributed by atoms with van der Waals surface area (Å²) in [6, 6.07) is 0.112. The molecular formula is C12H14ClN5O. The predicted molar refractivity (Wildman–Crippen MR) is 72.7 cm³/mol. The number of aliphatic hydroxyl groups is 1. The van der Waals surface area contributed by atoms with Crippen molar-refractivity contribution >= 4 is 28.7 Å². The SMILES string of the molecule is Nc1nc(Cl)c2ncn([C@H]3C=CC[C@@H](CO)C3)c2n1. The molecule has 2 atom stereocenters. The van der Waals surface area contributed by atoms with Gasteiger partial charge in [-0.15, -0.1) is 0 Å². The van der Waals surface area contributed by atoms with Crippen LogP contribution in [0.25, 0.3) is 11.2 Å². The number of hydrogen-bond donors (Lipinski definition) is 2. The molecule has 0 fully saturated rings. The van der Waals surface area contributed by atoms with Gasteiger partial charge in [-0.3, -0.25) is 0 Å². The molecule has 7 heteroatoms. The summed E-state index contributed by atoms with van der Waals surface area (Å²) in [5.74, 6) is 0.403. The van der Waals surface area contributed by atoms with Crippen molar-refractivity contribution in [3.05, 3.63) is 23.6 Å². The van der Waals surface area contributed by atoms with Crippen LogP contribution in [0.4, 0.5) is 5.95 Å². The lowest BCUT2D eigenvalue weighted by atomic mass is 9.91. The number of allylic oxidation sites excluding steroid dienone is 2. The maximum Gasteiger partial charge on any atom is 0.223 e. The zero-order valence-corrected chi connectivity index (χ0v) is 11.0. The first kappa shape index (κ1) is 12.4. The van der Waals surface area contributed by atoms with Gasteiger partial charge in [-0.25, -0.2) is 4.98 Å². The molecule has 0 radical (unpaired) electrons. The van der Waals surface area contributed by atoms with E-state index in [0.717, 1.165) is 12.8 Å². The second-order valence-corrected chi connectivity index (χ2v) is 5.07. The number of nitrogens with two attached hydrogens (primary N) is 1. The minimum atomic E-state index is 0.112. The number of anilines is 1. The molecule has 2 aromatic heterocycles. The van der Waals surface area contributed by atoms with Gasteiger partial charge in [0.2, 0.25) is 5.95 Å². The molecule has 6 nitrogen and oxygen atoms in total. The van der Waals surface area contributed by atoms with Crippen molar-refractivity contribution in [1.29, 1.82) is 0 Å². The van der Waals surface area contributed by atoms with Crippen LogP contribution < -0.4 is 5.73 Å². The smallest absolute Gasteiger partial charge is 0.223 e. The van der Waals surface area contributed by atoms with Gasteiger partial charge in [0, 0.05) is 6.61 Å². The molecule has 3 N–H and O–H groups in total. The third-order valence-electron chi connectivity index (χ3n) is 3.41. The monoisotopic (exact) mass is 279 g/mol. The minimum absolute atomic E-state index is 0.112. The first-order valence-electron chi connectivity index (χ1n) is 6.12. The fourth-order valence-corrected chi connectivity index (χ4v) is 2.66. The quantitative estimate of drug-likeness (QED) is 0.643. The Bertz CT molecular complexity index is 638. The molecule has 19 heavy (non-hydrogen) atoms. The van der Waals surface area contributed by atoms with E-state index < -0.39 is 0 Å². The number of hydrogen-bond acceptors (Lipinski definition) is 5. The highest BCUT2D eigenvalue weighted by Gasteiger charge is 2.21. The summed E-state index contributed by atoms with van der Waals surface area (Å²) in [6.07, 6.45) is 7.61. The fraction of sp³-hybridized carbons (Fsp3) is 0.417. The van der Waals surface area contributed by atoms with Gasteiger partial charge < -0.3 is 15.4 Å². The van der Waals surface area contributed by atoms with Crippen LogP contribution in [0.1, 0.15) is 18.9 Å². The van der Waals surface area contributed by atoms with E-state index in [9.17, 15) is 5.11 Å². The van der Waals surface area contributed by atoms with Gasteiger partial charge in [0.1, 0.15) is 5.52 Å². The third-order valence-corrected chi connectivity index (χ3v) is 3.68. The van der Waals surface area contributed by atoms with Crippen LogP contribution in [0.5, 0.6) is 0 Å². The van der Waals surface area contributed by atoms with Crippen LogP contribution >= 0.6 is 11.6 Å². The Kier molecular flexibility index (Phi) is 3.12. The molecule has 0 bridgehead atoms. The van der Waals surface area contributed by atoms with E-state index in [0.29, 0.717) is 11.2 Å². The zero-order valence-electron chi connectivity index (χ0n) is 10.2. The molecule has 0 unspecified atom stereocenters. The maximum atomic E-state index is 9.28. The van der Waals surface area contributed by atoms with Crippen molar-refractivity contribution in [2.45, 2.75) is 18.9 Å². The van der Waals surface area contributed by atoms with E-state index in [-0.39, 0.29) is 29.7 Å². The van der Waals surface area contributed by atoms with Crippen molar-refractivity contribution in [3.63, 3.8) is 0 Å². The molecule has 2 heterocycles. The maximum absolute atomic E-state index is 9.28. The lowest BCUT2D eigenvalue weighted by Gasteiger charge is -2.24. The summed E-state index contributed by atoms with van der Waals surface area (Å²) in [4.78, 5) is 12.3. The van der Waals surface area contributed by atoms with Crippen molar-refractivity contribution in [2.75, 3.05) is 12.3 Å². The zero-order chi connectivity index (χ0) is 13.4. The predicted octanol–water partition coefficient (Wildman–Crippen LogP) is 1.56. The Morgan fingerprint density at radius 2 is 2.32 bits per heavy atom. The normalized spacial score (nSPS) is 23.1. The van der Waals surface area contributed by atoms with Crippen molar-refractivity contribution in [1.82, 2.24) is 19.5 Å². The standard InChI is InChI=1S/C12H14ClN5O/c13-10-9-11(17-12(14)16-10)18(6-15-9)8-3-1-2-7(4-8)5-19/h1,3,6-8,19H,2,4-5H2,(H2,14,16,17)/t7-,8+/m1/s1. The molecule has 2 aromatic rings. The first-order valence-corrected chi connectivity index (χ1v) is 6.50. The summed E-state index contributed by atoms with van der Waals surface area (Å²) >= 11 is 6.01. The molecule has 0 saturated heterocycles. The molecule has 1 aliphatic carbocycles. The van der Waals surface area contributed by atoms with Crippen LogP contribution in [0.15, 0.2) is 18.5 Å². The average molecular weight is 280 g/mol. The van der Waals surface area contributed by atoms with Gasteiger partial charge in [0.25, 0.3) is 0 Å². The topological polar surface area (TPSA) is 89.8 Å². The summed E-state index contributed by atoms with van der Waals surface area (Å²) in [5.41, 5.74) is 6.81. The number of aliphatic hydroxyl groups excluding tert-OH is 1. The van der Waals surface area contributed by atoms with Crippen LogP contribution in [-0.4, -0.2) is 31.2 Å². The van der Waals surface area contributed by atoms with E-state index in [2.05, 4.69) is 27.1 Å². The summed E-state index contributed by atoms with van der Waals surface area (Å²) in [5, 5.41) is 9.55. The van der Waals surface area contributed by atoms with Gasteiger partial charge in [-0.1, -0.05) is 23.8 Å². The number of imidazole rings is 1. The number of rotatable bonds is 2. The lowest BCUT2D eigenvalue weighted by molar-refractivity contribution is 0.204. The Labute approximate surface area is 114 Å². The third kappa shape index (κ3) is 2.17. The second kappa shape index (κ2) is 4.79. The summed E-state index contributed by atoms with van der Waals surface area (Å²) < 4.78 is 1.93. The molecule has 0 aliphatic heterocycles. The number of nitrogen functional groups attached to an aromatic ring is 1. The average Bonchev–Trinajstić information content (AvgIpc) is 2.82. The molecular weight excluding hydrogens is 266 g/mol. The van der Waals surface area contributed by atoms with Crippen LogP contribution in [-0.2, 0) is 0 Å². The minimum Gasteiger partial charge on any atom is -0.396 e. The highest BCUT2D eigenvalue weighted by Crippen LogP contribution is 2.30. The van der Waals surface area contributed by atoms with Crippen LogP contribution in [0.2, 0.25) is 5.15 Å². The molecule has 100 valence electrons. The first-order chi connectivity index (χ1) is 9.19. The molecule has 0 amide bonds. The van der Waals surface area contributed by atoms with Gasteiger partial charge >= 0.3 is 0 Å². The van der Waals surface area contributed by atoms with Crippen molar-refractivity contribution in [2.24, 2.45) is 5.92 Å². The Balaban J connectivity index is 2.06. The lowest BCUT2D eigenvalue weighted by Crippen LogP contribution is -2.18. The largest absolute Gasteiger partial charge is 0.396 e. The summed E-state index contributed by atoms with van der Waals surface area (Å²) in [6.45, 7) is 0.186. The van der Waals surface area contributed by atoms with Gasteiger partial charge in [0.15, 0.2) is 10.8 Å².